The van der Waals surface area contributed by atoms with Gasteiger partial charge >= 0.3 is 0 Å². The smallest absolute Gasteiger partial charge is 0.288 e. The van der Waals surface area contributed by atoms with Crippen molar-refractivity contribution in [2.24, 2.45) is 0 Å². The molecule has 0 atom stereocenters. The number of nitro benzene ring substituents is 1. The molecular weight excluding hydrogens is 460 g/mol. The van der Waals surface area contributed by atoms with Crippen molar-refractivity contribution in [1.29, 1.82) is 0 Å². The molecule has 1 aliphatic rings. The summed E-state index contributed by atoms with van der Waals surface area (Å²) in [6.07, 6.45) is 1.49. The summed E-state index contributed by atoms with van der Waals surface area (Å²) in [6.45, 7) is 1.10. The molecule has 0 bridgehead atoms. The van der Waals surface area contributed by atoms with Gasteiger partial charge in [0.15, 0.2) is 11.6 Å². The summed E-state index contributed by atoms with van der Waals surface area (Å²) in [5, 5.41) is 14.0. The number of benzene rings is 2. The minimum absolute atomic E-state index is 0.0264. The fourth-order valence-corrected chi connectivity index (χ4v) is 4.92. The maximum absolute atomic E-state index is 13.4. The number of piperidine rings is 1. The highest BCUT2D eigenvalue weighted by Crippen LogP contribution is 2.35. The monoisotopic (exact) mass is 477 g/mol. The number of carbonyl (C=O) groups is 1. The molecule has 0 aliphatic carbocycles. The predicted octanol–water partition coefficient (Wildman–Crippen LogP) is 5.60. The van der Waals surface area contributed by atoms with Crippen LogP contribution < -0.4 is 0 Å². The lowest BCUT2D eigenvalue weighted by molar-refractivity contribution is -0.384. The molecule has 3 aromatic rings. The molecule has 0 N–H and O–H groups in total. The van der Waals surface area contributed by atoms with Crippen LogP contribution in [0.5, 0.6) is 0 Å². The summed E-state index contributed by atoms with van der Waals surface area (Å²) < 4.78 is 26.4. The van der Waals surface area contributed by atoms with Gasteiger partial charge in [0.1, 0.15) is 5.02 Å². The van der Waals surface area contributed by atoms with E-state index < -0.39 is 16.6 Å². The number of rotatable bonds is 5. The van der Waals surface area contributed by atoms with Crippen molar-refractivity contribution in [3.8, 4) is 11.3 Å². The first-order valence-corrected chi connectivity index (χ1v) is 11.2. The lowest BCUT2D eigenvalue weighted by Gasteiger charge is -2.31. The van der Waals surface area contributed by atoms with Gasteiger partial charge in [0.2, 0.25) is 5.91 Å². The average Bonchev–Trinajstić information content (AvgIpc) is 3.27. The Kier molecular flexibility index (Phi) is 6.48. The molecule has 0 spiro atoms. The lowest BCUT2D eigenvalue weighted by atomic mass is 9.97. The zero-order chi connectivity index (χ0) is 22.8. The topological polar surface area (TPSA) is 76.3 Å². The van der Waals surface area contributed by atoms with Crippen LogP contribution in [-0.2, 0) is 11.2 Å². The molecule has 4 rings (SSSR count). The third-order valence-electron chi connectivity index (χ3n) is 5.50. The Morgan fingerprint density at radius 1 is 1.19 bits per heavy atom. The molecule has 1 aliphatic heterocycles. The van der Waals surface area contributed by atoms with E-state index in [1.807, 2.05) is 5.38 Å². The Labute approximate surface area is 191 Å². The molecule has 166 valence electrons. The Hall–Kier alpha value is -2.91. The number of aromatic nitrogens is 1. The summed E-state index contributed by atoms with van der Waals surface area (Å²) in [4.78, 5) is 29.5. The van der Waals surface area contributed by atoms with Crippen LogP contribution in [-0.4, -0.2) is 33.8 Å². The third kappa shape index (κ3) is 4.78. The van der Waals surface area contributed by atoms with Crippen molar-refractivity contribution >= 4 is 34.5 Å². The van der Waals surface area contributed by atoms with Crippen LogP contribution in [0.15, 0.2) is 41.8 Å². The van der Waals surface area contributed by atoms with Gasteiger partial charge in [-0.25, -0.2) is 13.8 Å². The van der Waals surface area contributed by atoms with E-state index >= 15 is 0 Å². The van der Waals surface area contributed by atoms with Crippen molar-refractivity contribution < 1.29 is 18.5 Å². The van der Waals surface area contributed by atoms with E-state index in [1.165, 1.54) is 29.5 Å². The van der Waals surface area contributed by atoms with E-state index in [-0.39, 0.29) is 29.0 Å². The van der Waals surface area contributed by atoms with Crippen LogP contribution in [0.1, 0.15) is 29.3 Å². The SMILES string of the molecule is O=C(Cc1ccc(F)c(F)c1)N1CCC(c2nc(-c3ccc(Cl)c([N+](=O)[O-])c3)cs2)CC1. The minimum atomic E-state index is -0.959. The number of halogens is 3. The van der Waals surface area contributed by atoms with Crippen molar-refractivity contribution in [3.05, 3.63) is 79.1 Å². The molecule has 1 amide bonds. The Morgan fingerprint density at radius 3 is 2.62 bits per heavy atom. The Balaban J connectivity index is 1.38. The largest absolute Gasteiger partial charge is 0.342 e. The second kappa shape index (κ2) is 9.30. The molecule has 1 fully saturated rings. The fourth-order valence-electron chi connectivity index (χ4n) is 3.73. The Morgan fingerprint density at radius 2 is 1.94 bits per heavy atom. The first-order valence-electron chi connectivity index (χ1n) is 9.93. The number of hydrogen-bond donors (Lipinski definition) is 0. The number of nitrogens with zero attached hydrogens (tertiary/aromatic N) is 3. The summed E-state index contributed by atoms with van der Waals surface area (Å²) in [7, 11) is 0. The van der Waals surface area contributed by atoms with Gasteiger partial charge in [0.25, 0.3) is 5.69 Å². The van der Waals surface area contributed by atoms with Crippen LogP contribution in [0.25, 0.3) is 11.3 Å². The van der Waals surface area contributed by atoms with Crippen molar-refractivity contribution in [2.75, 3.05) is 13.1 Å². The first kappa shape index (κ1) is 22.3. The van der Waals surface area contributed by atoms with Crippen LogP contribution in [0.3, 0.4) is 0 Å². The number of carbonyl (C=O) groups excluding carboxylic acids is 1. The molecule has 2 aromatic carbocycles. The lowest BCUT2D eigenvalue weighted by Crippen LogP contribution is -2.38. The molecule has 10 heteroatoms. The van der Waals surface area contributed by atoms with Gasteiger partial charge in [-0.15, -0.1) is 11.3 Å². The molecule has 0 saturated carbocycles. The van der Waals surface area contributed by atoms with E-state index in [2.05, 4.69) is 4.98 Å². The minimum Gasteiger partial charge on any atom is -0.342 e. The van der Waals surface area contributed by atoms with Crippen LogP contribution in [0.4, 0.5) is 14.5 Å². The number of amides is 1. The van der Waals surface area contributed by atoms with Crippen molar-refractivity contribution in [1.82, 2.24) is 9.88 Å². The second-order valence-electron chi connectivity index (χ2n) is 7.57. The normalized spacial score (nSPS) is 14.5. The van der Waals surface area contributed by atoms with Gasteiger partial charge in [-0.3, -0.25) is 14.9 Å². The van der Waals surface area contributed by atoms with E-state index in [9.17, 15) is 23.7 Å². The van der Waals surface area contributed by atoms with E-state index in [0.29, 0.717) is 29.9 Å². The summed E-state index contributed by atoms with van der Waals surface area (Å²) >= 11 is 7.37. The number of thiazole rings is 1. The van der Waals surface area contributed by atoms with Gasteiger partial charge in [-0.2, -0.15) is 0 Å². The van der Waals surface area contributed by atoms with Crippen molar-refractivity contribution in [3.63, 3.8) is 0 Å². The molecule has 1 aromatic heterocycles. The van der Waals surface area contributed by atoms with Crippen LogP contribution in [0.2, 0.25) is 5.02 Å². The summed E-state index contributed by atoms with van der Waals surface area (Å²) in [6, 6.07) is 8.11. The van der Waals surface area contributed by atoms with Gasteiger partial charge in [-0.05, 0) is 36.6 Å². The highest BCUT2D eigenvalue weighted by atomic mass is 35.5. The third-order valence-corrected chi connectivity index (χ3v) is 6.82. The standard InChI is InChI=1S/C22H18ClF2N3O3S/c23-16-3-2-15(11-20(16)28(30)31)19-12-32-22(26-19)14-5-7-27(8-6-14)21(29)10-13-1-4-17(24)18(25)9-13/h1-4,9,11-12,14H,5-8,10H2. The molecule has 2 heterocycles. The maximum Gasteiger partial charge on any atom is 0.288 e. The molecule has 0 unspecified atom stereocenters. The number of hydrogen-bond acceptors (Lipinski definition) is 5. The summed E-state index contributed by atoms with van der Waals surface area (Å²) in [5.74, 6) is -1.83. The average molecular weight is 478 g/mol. The second-order valence-corrected chi connectivity index (χ2v) is 8.87. The van der Waals surface area contributed by atoms with E-state index in [4.69, 9.17) is 11.6 Å². The maximum atomic E-state index is 13.4. The first-order chi connectivity index (χ1) is 15.3. The van der Waals surface area contributed by atoms with Gasteiger partial charge in [0, 0.05) is 36.0 Å². The van der Waals surface area contributed by atoms with Crippen LogP contribution >= 0.6 is 22.9 Å². The molecule has 6 nitrogen and oxygen atoms in total. The van der Waals surface area contributed by atoms with Crippen molar-refractivity contribution in [2.45, 2.75) is 25.2 Å². The quantitative estimate of drug-likeness (QED) is 0.354. The fraction of sp³-hybridized carbons (Fsp3) is 0.273. The van der Waals surface area contributed by atoms with Crippen LogP contribution in [0, 0.1) is 21.7 Å². The zero-order valence-electron chi connectivity index (χ0n) is 16.8. The van der Waals surface area contributed by atoms with Gasteiger partial charge in [-0.1, -0.05) is 23.7 Å². The van der Waals surface area contributed by atoms with Gasteiger partial charge in [0.05, 0.1) is 22.0 Å². The van der Waals surface area contributed by atoms with Gasteiger partial charge < -0.3 is 4.90 Å². The number of nitro groups is 1. The Bertz CT molecular complexity index is 1180. The highest BCUT2D eigenvalue weighted by Gasteiger charge is 2.26. The molecule has 0 radical (unpaired) electrons. The molecule has 32 heavy (non-hydrogen) atoms. The zero-order valence-corrected chi connectivity index (χ0v) is 18.3. The molecular formula is C22H18ClF2N3O3S. The van der Waals surface area contributed by atoms with E-state index in [0.717, 1.165) is 30.0 Å². The molecule has 1 saturated heterocycles. The summed E-state index contributed by atoms with van der Waals surface area (Å²) in [5.41, 5.74) is 1.56. The van der Waals surface area contributed by atoms with E-state index in [1.54, 1.807) is 11.0 Å². The highest BCUT2D eigenvalue weighted by molar-refractivity contribution is 7.10. The number of likely N-dealkylation sites (tertiary alicyclic amines) is 1. The predicted molar refractivity (Wildman–Crippen MR) is 118 cm³/mol.